The van der Waals surface area contributed by atoms with Crippen molar-refractivity contribution < 1.29 is 4.74 Å². The van der Waals surface area contributed by atoms with Crippen molar-refractivity contribution in [3.05, 3.63) is 35.9 Å². The van der Waals surface area contributed by atoms with E-state index in [-0.39, 0.29) is 12.1 Å². The minimum Gasteiger partial charge on any atom is -0.376 e. The van der Waals surface area contributed by atoms with Gasteiger partial charge in [0.05, 0.1) is 18.8 Å². The van der Waals surface area contributed by atoms with Crippen LogP contribution in [0.2, 0.25) is 0 Å². The fraction of sp³-hybridized carbons (Fsp3) is 0.462. The summed E-state index contributed by atoms with van der Waals surface area (Å²) in [7, 11) is 0. The molecule has 0 amide bonds. The average Bonchev–Trinajstić information content (AvgIpc) is 2.31. The first-order chi connectivity index (χ1) is 7.81. The fourth-order valence-corrected chi connectivity index (χ4v) is 2.08. The molecule has 2 rings (SSSR count). The van der Waals surface area contributed by atoms with Gasteiger partial charge in [-0.2, -0.15) is 5.26 Å². The van der Waals surface area contributed by atoms with Gasteiger partial charge in [-0.15, -0.1) is 0 Å². The predicted octanol–water partition coefficient (Wildman–Crippen LogP) is 1.97. The van der Waals surface area contributed by atoms with E-state index in [1.54, 1.807) is 0 Å². The van der Waals surface area contributed by atoms with Crippen LogP contribution in [0.3, 0.4) is 0 Å². The molecule has 3 heteroatoms. The average molecular weight is 216 g/mol. The van der Waals surface area contributed by atoms with Crippen LogP contribution in [0.1, 0.15) is 18.5 Å². The summed E-state index contributed by atoms with van der Waals surface area (Å²) in [6.45, 7) is 4.42. The monoisotopic (exact) mass is 216 g/mol. The topological polar surface area (TPSA) is 36.3 Å². The van der Waals surface area contributed by atoms with Gasteiger partial charge < -0.3 is 4.74 Å². The lowest BCUT2D eigenvalue weighted by atomic mass is 10.1. The summed E-state index contributed by atoms with van der Waals surface area (Å²) in [4.78, 5) is 2.18. The summed E-state index contributed by atoms with van der Waals surface area (Å²) in [5.74, 6) is 0. The van der Waals surface area contributed by atoms with Crippen molar-refractivity contribution in [2.75, 3.05) is 19.7 Å². The van der Waals surface area contributed by atoms with Crippen LogP contribution < -0.4 is 0 Å². The maximum Gasteiger partial charge on any atom is 0.124 e. The highest BCUT2D eigenvalue weighted by Crippen LogP contribution is 2.21. The van der Waals surface area contributed by atoms with Crippen molar-refractivity contribution in [1.82, 2.24) is 4.90 Å². The third-order valence-corrected chi connectivity index (χ3v) is 2.88. The highest BCUT2D eigenvalue weighted by Gasteiger charge is 2.24. The van der Waals surface area contributed by atoms with Crippen LogP contribution in [0.15, 0.2) is 30.3 Å². The molecule has 0 saturated carbocycles. The van der Waals surface area contributed by atoms with Crippen LogP contribution in [-0.2, 0) is 4.74 Å². The van der Waals surface area contributed by atoms with Crippen LogP contribution in [0, 0.1) is 11.3 Å². The summed E-state index contributed by atoms with van der Waals surface area (Å²) in [6, 6.07) is 12.2. The van der Waals surface area contributed by atoms with Gasteiger partial charge in [0.2, 0.25) is 0 Å². The Balaban J connectivity index is 2.14. The van der Waals surface area contributed by atoms with Gasteiger partial charge in [-0.25, -0.2) is 0 Å². The molecule has 0 unspecified atom stereocenters. The molecule has 1 aliphatic rings. The molecule has 3 nitrogen and oxygen atoms in total. The summed E-state index contributed by atoms with van der Waals surface area (Å²) in [6.07, 6.45) is 0.216. The molecule has 0 N–H and O–H groups in total. The van der Waals surface area contributed by atoms with E-state index in [1.807, 2.05) is 37.3 Å². The van der Waals surface area contributed by atoms with E-state index in [2.05, 4.69) is 11.0 Å². The van der Waals surface area contributed by atoms with Crippen LogP contribution in [0.4, 0.5) is 0 Å². The Morgan fingerprint density at radius 1 is 1.44 bits per heavy atom. The lowest BCUT2D eigenvalue weighted by Gasteiger charge is -2.34. The number of hydrogen-bond acceptors (Lipinski definition) is 3. The highest BCUT2D eigenvalue weighted by atomic mass is 16.5. The van der Waals surface area contributed by atoms with Crippen LogP contribution in [-0.4, -0.2) is 30.7 Å². The fourth-order valence-electron chi connectivity index (χ4n) is 2.08. The SMILES string of the molecule is C[C@H]1CN([C@@H](C#N)c2ccccc2)CCO1. The van der Waals surface area contributed by atoms with E-state index in [4.69, 9.17) is 4.74 Å². The smallest absolute Gasteiger partial charge is 0.124 e. The maximum absolute atomic E-state index is 9.29. The van der Waals surface area contributed by atoms with Crippen LogP contribution in [0.25, 0.3) is 0 Å². The molecule has 0 aliphatic carbocycles. The first-order valence-corrected chi connectivity index (χ1v) is 5.61. The first kappa shape index (κ1) is 11.1. The normalized spacial score (nSPS) is 23.6. The third-order valence-electron chi connectivity index (χ3n) is 2.88. The van der Waals surface area contributed by atoms with Crippen molar-refractivity contribution in [2.24, 2.45) is 0 Å². The number of ether oxygens (including phenoxy) is 1. The molecular weight excluding hydrogens is 200 g/mol. The Kier molecular flexibility index (Phi) is 3.55. The number of benzene rings is 1. The second-order valence-electron chi connectivity index (χ2n) is 4.12. The Labute approximate surface area is 96.2 Å². The van der Waals surface area contributed by atoms with Gasteiger partial charge in [-0.05, 0) is 12.5 Å². The molecule has 0 spiro atoms. The summed E-state index contributed by atoms with van der Waals surface area (Å²) < 4.78 is 5.49. The zero-order valence-corrected chi connectivity index (χ0v) is 9.47. The van der Waals surface area contributed by atoms with Crippen LogP contribution >= 0.6 is 0 Å². The molecule has 0 aromatic heterocycles. The highest BCUT2D eigenvalue weighted by molar-refractivity contribution is 5.24. The number of nitriles is 1. The quantitative estimate of drug-likeness (QED) is 0.758. The molecular formula is C13H16N2O. The molecule has 16 heavy (non-hydrogen) atoms. The Morgan fingerprint density at radius 3 is 2.81 bits per heavy atom. The van der Waals surface area contributed by atoms with Crippen LogP contribution in [0.5, 0.6) is 0 Å². The van der Waals surface area contributed by atoms with Gasteiger partial charge in [0.25, 0.3) is 0 Å². The van der Waals surface area contributed by atoms with E-state index in [9.17, 15) is 5.26 Å². The van der Waals surface area contributed by atoms with Crippen molar-refractivity contribution in [3.8, 4) is 6.07 Å². The lowest BCUT2D eigenvalue weighted by Crippen LogP contribution is -2.42. The second-order valence-corrected chi connectivity index (χ2v) is 4.12. The van der Waals surface area contributed by atoms with Gasteiger partial charge in [0.15, 0.2) is 0 Å². The van der Waals surface area contributed by atoms with Crippen molar-refractivity contribution in [1.29, 1.82) is 5.26 Å². The minimum absolute atomic E-state index is 0.146. The van der Waals surface area contributed by atoms with Crippen molar-refractivity contribution in [3.63, 3.8) is 0 Å². The van der Waals surface area contributed by atoms with Gasteiger partial charge >= 0.3 is 0 Å². The van der Waals surface area contributed by atoms with Crippen molar-refractivity contribution in [2.45, 2.75) is 19.1 Å². The van der Waals surface area contributed by atoms with Gasteiger partial charge in [0.1, 0.15) is 6.04 Å². The summed E-state index contributed by atoms with van der Waals surface area (Å²) in [5.41, 5.74) is 1.07. The molecule has 1 saturated heterocycles. The summed E-state index contributed by atoms with van der Waals surface area (Å²) in [5, 5.41) is 9.29. The second kappa shape index (κ2) is 5.11. The third kappa shape index (κ3) is 2.41. The molecule has 1 aromatic carbocycles. The molecule has 1 aromatic rings. The number of nitrogens with zero attached hydrogens (tertiary/aromatic N) is 2. The molecule has 1 heterocycles. The predicted molar refractivity (Wildman–Crippen MR) is 61.8 cm³/mol. The van der Waals surface area contributed by atoms with E-state index in [0.29, 0.717) is 6.61 Å². The first-order valence-electron chi connectivity index (χ1n) is 5.61. The minimum atomic E-state index is -0.146. The number of rotatable bonds is 2. The van der Waals surface area contributed by atoms with Gasteiger partial charge in [-0.3, -0.25) is 4.90 Å². The van der Waals surface area contributed by atoms with E-state index in [0.717, 1.165) is 18.7 Å². The maximum atomic E-state index is 9.29. The van der Waals surface area contributed by atoms with Gasteiger partial charge in [0, 0.05) is 13.1 Å². The molecule has 2 atom stereocenters. The zero-order chi connectivity index (χ0) is 11.4. The van der Waals surface area contributed by atoms with E-state index >= 15 is 0 Å². The molecule has 1 fully saturated rings. The Morgan fingerprint density at radius 2 is 2.19 bits per heavy atom. The molecule has 0 radical (unpaired) electrons. The Bertz CT molecular complexity index is 371. The summed E-state index contributed by atoms with van der Waals surface area (Å²) >= 11 is 0. The van der Waals surface area contributed by atoms with Crippen molar-refractivity contribution >= 4 is 0 Å². The lowest BCUT2D eigenvalue weighted by molar-refractivity contribution is -0.0269. The largest absolute Gasteiger partial charge is 0.376 e. The zero-order valence-electron chi connectivity index (χ0n) is 9.47. The number of hydrogen-bond donors (Lipinski definition) is 0. The molecule has 0 bridgehead atoms. The molecule has 84 valence electrons. The van der Waals surface area contributed by atoms with E-state index in [1.165, 1.54) is 0 Å². The molecule has 1 aliphatic heterocycles. The number of morpholine rings is 1. The standard InChI is InChI=1S/C13H16N2O/c1-11-10-15(7-8-16-11)13(9-14)12-5-3-2-4-6-12/h2-6,11,13H,7-8,10H2,1H3/t11-,13-/m0/s1. The van der Waals surface area contributed by atoms with E-state index < -0.39 is 0 Å². The van der Waals surface area contributed by atoms with Gasteiger partial charge in [-0.1, -0.05) is 30.3 Å². The Hall–Kier alpha value is -1.37.